The molecule has 0 amide bonds. The maximum absolute atomic E-state index is 5.91. The minimum absolute atomic E-state index is 0.427. The van der Waals surface area contributed by atoms with E-state index in [-0.39, 0.29) is 0 Å². The van der Waals surface area contributed by atoms with Gasteiger partial charge in [0.1, 0.15) is 0 Å². The van der Waals surface area contributed by atoms with Crippen molar-refractivity contribution in [3.05, 3.63) is 21.6 Å². The number of nitrogens with zero attached hydrogens (tertiary/aromatic N) is 1. The number of benzene rings is 1. The second kappa shape index (κ2) is 2.64. The minimum Gasteiger partial charge on any atom is -0.382 e. The van der Waals surface area contributed by atoms with Gasteiger partial charge in [0.15, 0.2) is 5.82 Å². The molecule has 0 aliphatic heterocycles. The second-order valence-electron chi connectivity index (χ2n) is 2.39. The van der Waals surface area contributed by atoms with E-state index in [4.69, 9.17) is 17.3 Å². The first-order chi connectivity index (χ1) is 5.70. The van der Waals surface area contributed by atoms with Gasteiger partial charge in [0, 0.05) is 4.47 Å². The highest BCUT2D eigenvalue weighted by Crippen LogP contribution is 2.31. The normalized spacial score (nSPS) is 10.8. The number of aromatic amines is 1. The molecule has 1 heterocycles. The van der Waals surface area contributed by atoms with Crippen LogP contribution in [0.25, 0.3) is 10.9 Å². The van der Waals surface area contributed by atoms with Gasteiger partial charge in [-0.25, -0.2) is 0 Å². The van der Waals surface area contributed by atoms with Gasteiger partial charge in [0.25, 0.3) is 0 Å². The van der Waals surface area contributed by atoms with Crippen LogP contribution in [-0.4, -0.2) is 10.2 Å². The molecule has 0 fully saturated rings. The van der Waals surface area contributed by atoms with Gasteiger partial charge in [-0.05, 0) is 28.1 Å². The number of hydrogen-bond donors (Lipinski definition) is 2. The summed E-state index contributed by atoms with van der Waals surface area (Å²) in [5.74, 6) is 0.427. The smallest absolute Gasteiger partial charge is 0.154 e. The highest BCUT2D eigenvalue weighted by Gasteiger charge is 2.08. The quantitative estimate of drug-likeness (QED) is 0.750. The molecule has 2 rings (SSSR count). The number of H-pyrrole nitrogens is 1. The molecule has 1 aromatic carbocycles. The number of anilines is 1. The van der Waals surface area contributed by atoms with E-state index in [0.29, 0.717) is 10.8 Å². The van der Waals surface area contributed by atoms with Crippen LogP contribution in [0.4, 0.5) is 5.82 Å². The van der Waals surface area contributed by atoms with Crippen molar-refractivity contribution < 1.29 is 0 Å². The number of nitrogens with two attached hydrogens (primary N) is 1. The van der Waals surface area contributed by atoms with Crippen LogP contribution in [0.2, 0.25) is 5.02 Å². The summed E-state index contributed by atoms with van der Waals surface area (Å²) in [6.07, 6.45) is 0. The molecular weight excluding hydrogens is 241 g/mol. The van der Waals surface area contributed by atoms with Crippen LogP contribution in [-0.2, 0) is 0 Å². The van der Waals surface area contributed by atoms with Crippen molar-refractivity contribution in [1.82, 2.24) is 10.2 Å². The van der Waals surface area contributed by atoms with Crippen molar-refractivity contribution in [2.24, 2.45) is 0 Å². The second-order valence-corrected chi connectivity index (χ2v) is 3.65. The molecule has 0 aliphatic carbocycles. The SMILES string of the molecule is Nc1n[nH]c2c(Br)ccc(Cl)c12. The zero-order valence-corrected chi connectivity index (χ0v) is 8.28. The summed E-state index contributed by atoms with van der Waals surface area (Å²) in [6.45, 7) is 0. The van der Waals surface area contributed by atoms with Gasteiger partial charge < -0.3 is 5.73 Å². The molecule has 0 bridgehead atoms. The first kappa shape index (κ1) is 7.89. The highest BCUT2D eigenvalue weighted by atomic mass is 79.9. The molecule has 0 spiro atoms. The van der Waals surface area contributed by atoms with Crippen molar-refractivity contribution in [3.63, 3.8) is 0 Å². The van der Waals surface area contributed by atoms with Crippen molar-refractivity contribution in [2.45, 2.75) is 0 Å². The lowest BCUT2D eigenvalue weighted by atomic mass is 10.2. The average Bonchev–Trinajstić information content (AvgIpc) is 2.42. The van der Waals surface area contributed by atoms with Gasteiger partial charge in [0.05, 0.1) is 15.9 Å². The van der Waals surface area contributed by atoms with E-state index in [2.05, 4.69) is 26.1 Å². The summed E-state index contributed by atoms with van der Waals surface area (Å²) in [4.78, 5) is 0. The molecule has 2 aromatic rings. The van der Waals surface area contributed by atoms with E-state index in [0.717, 1.165) is 15.4 Å². The summed E-state index contributed by atoms with van der Waals surface area (Å²) < 4.78 is 0.908. The van der Waals surface area contributed by atoms with E-state index in [1.807, 2.05) is 6.07 Å². The van der Waals surface area contributed by atoms with Crippen molar-refractivity contribution in [1.29, 1.82) is 0 Å². The molecule has 3 nitrogen and oxygen atoms in total. The Balaban J connectivity index is 2.98. The third-order valence-electron chi connectivity index (χ3n) is 1.65. The largest absolute Gasteiger partial charge is 0.382 e. The molecule has 5 heteroatoms. The van der Waals surface area contributed by atoms with Gasteiger partial charge in [-0.2, -0.15) is 5.10 Å². The van der Waals surface area contributed by atoms with Crippen LogP contribution in [0.3, 0.4) is 0 Å². The van der Waals surface area contributed by atoms with Crippen LogP contribution in [0.15, 0.2) is 16.6 Å². The lowest BCUT2D eigenvalue weighted by molar-refractivity contribution is 1.12. The monoisotopic (exact) mass is 245 g/mol. The fourth-order valence-electron chi connectivity index (χ4n) is 1.08. The predicted molar refractivity (Wildman–Crippen MR) is 53.2 cm³/mol. The zero-order valence-electron chi connectivity index (χ0n) is 5.94. The number of nitrogens with one attached hydrogen (secondary N) is 1. The van der Waals surface area contributed by atoms with Gasteiger partial charge in [0.2, 0.25) is 0 Å². The summed E-state index contributed by atoms with van der Waals surface area (Å²) in [5.41, 5.74) is 6.43. The van der Waals surface area contributed by atoms with Crippen LogP contribution in [0.5, 0.6) is 0 Å². The number of aromatic nitrogens is 2. The average molecular weight is 246 g/mol. The van der Waals surface area contributed by atoms with Crippen molar-refractivity contribution >= 4 is 44.3 Å². The van der Waals surface area contributed by atoms with E-state index in [1.165, 1.54) is 0 Å². The van der Waals surface area contributed by atoms with Crippen molar-refractivity contribution in [2.75, 3.05) is 5.73 Å². The number of hydrogen-bond acceptors (Lipinski definition) is 2. The maximum Gasteiger partial charge on any atom is 0.154 e. The van der Waals surface area contributed by atoms with Crippen LogP contribution in [0, 0.1) is 0 Å². The van der Waals surface area contributed by atoms with Crippen LogP contribution < -0.4 is 5.73 Å². The van der Waals surface area contributed by atoms with E-state index < -0.39 is 0 Å². The first-order valence-electron chi connectivity index (χ1n) is 3.27. The zero-order chi connectivity index (χ0) is 8.72. The molecule has 0 saturated heterocycles. The molecule has 3 N–H and O–H groups in total. The van der Waals surface area contributed by atoms with Gasteiger partial charge in [-0.15, -0.1) is 0 Å². The Hall–Kier alpha value is -0.740. The molecular formula is C7H5BrClN3. The lowest BCUT2D eigenvalue weighted by Crippen LogP contribution is -1.84. The highest BCUT2D eigenvalue weighted by molar-refractivity contribution is 9.10. The number of halogens is 2. The van der Waals surface area contributed by atoms with E-state index in [9.17, 15) is 0 Å². The molecule has 0 aliphatic rings. The predicted octanol–water partition coefficient (Wildman–Crippen LogP) is 2.56. The Morgan fingerprint density at radius 3 is 2.92 bits per heavy atom. The molecule has 0 radical (unpaired) electrons. The molecule has 62 valence electrons. The molecule has 0 atom stereocenters. The third-order valence-corrected chi connectivity index (χ3v) is 2.62. The molecule has 0 unspecified atom stereocenters. The summed E-state index contributed by atoms with van der Waals surface area (Å²) in [7, 11) is 0. The molecule has 1 aromatic heterocycles. The Morgan fingerprint density at radius 1 is 1.50 bits per heavy atom. The van der Waals surface area contributed by atoms with Gasteiger partial charge >= 0.3 is 0 Å². The van der Waals surface area contributed by atoms with Crippen LogP contribution >= 0.6 is 27.5 Å². The minimum atomic E-state index is 0.427. The van der Waals surface area contributed by atoms with Gasteiger partial charge in [-0.3, -0.25) is 5.10 Å². The molecule has 0 saturated carbocycles. The van der Waals surface area contributed by atoms with E-state index >= 15 is 0 Å². The molecule has 12 heavy (non-hydrogen) atoms. The standard InChI is InChI=1S/C7H5BrClN3/c8-3-1-2-4(9)5-6(3)11-12-7(5)10/h1-2H,(H3,10,11,12). The number of fused-ring (bicyclic) bond motifs is 1. The van der Waals surface area contributed by atoms with Gasteiger partial charge in [-0.1, -0.05) is 11.6 Å². The topological polar surface area (TPSA) is 54.7 Å². The fourth-order valence-corrected chi connectivity index (χ4v) is 1.76. The van der Waals surface area contributed by atoms with Crippen LogP contribution in [0.1, 0.15) is 0 Å². The maximum atomic E-state index is 5.91. The third kappa shape index (κ3) is 0.990. The summed E-state index contributed by atoms with van der Waals surface area (Å²) >= 11 is 9.27. The Kier molecular flexibility index (Phi) is 1.73. The lowest BCUT2D eigenvalue weighted by Gasteiger charge is -1.95. The fraction of sp³-hybridized carbons (Fsp3) is 0. The summed E-state index contributed by atoms with van der Waals surface area (Å²) in [6, 6.07) is 3.63. The Morgan fingerprint density at radius 2 is 2.25 bits per heavy atom. The Bertz CT molecular complexity index is 437. The Labute approximate surface area is 82.0 Å². The van der Waals surface area contributed by atoms with E-state index in [1.54, 1.807) is 6.07 Å². The number of nitrogen functional groups attached to an aromatic ring is 1. The van der Waals surface area contributed by atoms with Crippen molar-refractivity contribution in [3.8, 4) is 0 Å². The number of rotatable bonds is 0. The summed E-state index contributed by atoms with van der Waals surface area (Å²) in [5, 5.41) is 8.03. The first-order valence-corrected chi connectivity index (χ1v) is 4.45.